The average Bonchev–Trinajstić information content (AvgIpc) is 2.71. The summed E-state index contributed by atoms with van der Waals surface area (Å²) in [6, 6.07) is 0. The van der Waals surface area contributed by atoms with Gasteiger partial charge in [-0.2, -0.15) is 0 Å². The summed E-state index contributed by atoms with van der Waals surface area (Å²) >= 11 is 0. The predicted octanol–water partition coefficient (Wildman–Crippen LogP) is 9.20. The lowest BCUT2D eigenvalue weighted by molar-refractivity contribution is -0.137. The second-order valence-electron chi connectivity index (χ2n) is 10.4. The van der Waals surface area contributed by atoms with Gasteiger partial charge in [-0.1, -0.05) is 92.0 Å². The average molecular weight is 447 g/mol. The fraction of sp³-hybridized carbons (Fsp3) is 0.733. The zero-order chi connectivity index (χ0) is 24.4. The molecule has 0 aromatic carbocycles. The van der Waals surface area contributed by atoms with Crippen LogP contribution >= 0.6 is 0 Å². The van der Waals surface area contributed by atoms with Gasteiger partial charge in [-0.25, -0.2) is 0 Å². The van der Waals surface area contributed by atoms with Crippen molar-refractivity contribution < 1.29 is 10.2 Å². The molecule has 0 aliphatic rings. The minimum absolute atomic E-state index is 0.486. The normalized spacial score (nSPS) is 14.4. The van der Waals surface area contributed by atoms with Crippen LogP contribution in [0.5, 0.6) is 0 Å². The molecule has 2 nitrogen and oxygen atoms in total. The maximum atomic E-state index is 10.5. The van der Waals surface area contributed by atoms with E-state index >= 15 is 0 Å². The smallest absolute Gasteiger partial charge is 0.157 e. The van der Waals surface area contributed by atoms with E-state index in [1.54, 1.807) is 0 Å². The molecule has 0 heterocycles. The lowest BCUT2D eigenvalue weighted by Gasteiger charge is -2.34. The minimum Gasteiger partial charge on any atom is -0.368 e. The molecule has 186 valence electrons. The van der Waals surface area contributed by atoms with E-state index in [0.29, 0.717) is 0 Å². The van der Waals surface area contributed by atoms with E-state index < -0.39 is 11.7 Å². The van der Waals surface area contributed by atoms with Gasteiger partial charge in [0.25, 0.3) is 0 Å². The summed E-state index contributed by atoms with van der Waals surface area (Å²) in [5, 5.41) is 21.0. The van der Waals surface area contributed by atoms with E-state index in [9.17, 15) is 10.2 Å². The van der Waals surface area contributed by atoms with Crippen LogP contribution in [0, 0.1) is 5.41 Å². The first-order chi connectivity index (χ1) is 15.1. The van der Waals surface area contributed by atoms with Gasteiger partial charge in [-0.3, -0.25) is 0 Å². The summed E-state index contributed by atoms with van der Waals surface area (Å²) in [6.07, 6.45) is 21.7. The fourth-order valence-electron chi connectivity index (χ4n) is 4.02. The van der Waals surface area contributed by atoms with Gasteiger partial charge in [0.05, 0.1) is 0 Å². The predicted molar refractivity (Wildman–Crippen MR) is 143 cm³/mol. The molecule has 0 aromatic heterocycles. The number of aliphatic hydroxyl groups is 2. The van der Waals surface area contributed by atoms with Crippen molar-refractivity contribution in [2.45, 2.75) is 138 Å². The molecule has 32 heavy (non-hydrogen) atoms. The summed E-state index contributed by atoms with van der Waals surface area (Å²) in [4.78, 5) is 0. The number of hydrogen-bond donors (Lipinski definition) is 2. The van der Waals surface area contributed by atoms with Crippen LogP contribution in [0.25, 0.3) is 0 Å². The molecule has 0 aliphatic carbocycles. The topological polar surface area (TPSA) is 40.5 Å². The maximum absolute atomic E-state index is 10.5. The van der Waals surface area contributed by atoms with Crippen molar-refractivity contribution in [1.82, 2.24) is 0 Å². The number of allylic oxidation sites excluding steroid dienone is 8. The number of unbranched alkanes of at least 4 members (excludes halogenated alkanes) is 5. The lowest BCUT2D eigenvalue weighted by atomic mass is 9.74. The van der Waals surface area contributed by atoms with Crippen molar-refractivity contribution in [2.75, 3.05) is 0 Å². The standard InChI is InChI=1S/C30H54O2/c1-8-9-10-11-12-13-22-30(29(31)32,23-20-27(6)18-14-16-25(2)3)24-21-28(7)19-15-17-26(4)5/h16-17,20-21,29,31-32H,8-15,18-19,22-24H2,1-7H3. The largest absolute Gasteiger partial charge is 0.368 e. The van der Waals surface area contributed by atoms with Crippen molar-refractivity contribution in [1.29, 1.82) is 0 Å². The SMILES string of the molecule is CCCCCCCCC(CC=C(C)CCC=C(C)C)(CC=C(C)CCC=C(C)C)C(O)O. The molecule has 2 heteroatoms. The van der Waals surface area contributed by atoms with Gasteiger partial charge >= 0.3 is 0 Å². The Labute approximate surface area is 200 Å². The van der Waals surface area contributed by atoms with E-state index in [1.807, 2.05) is 0 Å². The van der Waals surface area contributed by atoms with Gasteiger partial charge in [-0.15, -0.1) is 0 Å². The van der Waals surface area contributed by atoms with Gasteiger partial charge in [0.15, 0.2) is 6.29 Å². The van der Waals surface area contributed by atoms with Crippen LogP contribution < -0.4 is 0 Å². The Morgan fingerprint density at radius 2 is 1.09 bits per heavy atom. The lowest BCUT2D eigenvalue weighted by Crippen LogP contribution is -2.34. The molecular formula is C30H54O2. The van der Waals surface area contributed by atoms with E-state index in [0.717, 1.165) is 51.4 Å². The molecule has 0 saturated heterocycles. The van der Waals surface area contributed by atoms with Crippen LogP contribution in [-0.2, 0) is 0 Å². The first-order valence-electron chi connectivity index (χ1n) is 13.1. The molecule has 0 saturated carbocycles. The summed E-state index contributed by atoms with van der Waals surface area (Å²) in [7, 11) is 0. The highest BCUT2D eigenvalue weighted by atomic mass is 16.5. The molecule has 0 radical (unpaired) electrons. The highest BCUT2D eigenvalue weighted by molar-refractivity contribution is 5.08. The summed E-state index contributed by atoms with van der Waals surface area (Å²) < 4.78 is 0. The Kier molecular flexibility index (Phi) is 17.7. The number of hydrogen-bond acceptors (Lipinski definition) is 2. The number of aliphatic hydroxyl groups excluding tert-OH is 1. The molecule has 2 N–H and O–H groups in total. The van der Waals surface area contributed by atoms with Gasteiger partial charge in [0.2, 0.25) is 0 Å². The van der Waals surface area contributed by atoms with Crippen molar-refractivity contribution in [2.24, 2.45) is 5.41 Å². The van der Waals surface area contributed by atoms with Crippen molar-refractivity contribution in [3.05, 3.63) is 46.6 Å². The van der Waals surface area contributed by atoms with Crippen LogP contribution in [0.4, 0.5) is 0 Å². The van der Waals surface area contributed by atoms with Gasteiger partial charge < -0.3 is 10.2 Å². The summed E-state index contributed by atoms with van der Waals surface area (Å²) in [6.45, 7) is 15.2. The minimum atomic E-state index is -1.29. The Balaban J connectivity index is 5.26. The van der Waals surface area contributed by atoms with E-state index in [4.69, 9.17) is 0 Å². The van der Waals surface area contributed by atoms with Crippen LogP contribution in [0.1, 0.15) is 132 Å². The molecule has 0 aliphatic heterocycles. The van der Waals surface area contributed by atoms with Crippen LogP contribution in [-0.4, -0.2) is 16.5 Å². The van der Waals surface area contributed by atoms with Gasteiger partial charge in [0, 0.05) is 5.41 Å². The van der Waals surface area contributed by atoms with E-state index in [2.05, 4.69) is 72.8 Å². The quantitative estimate of drug-likeness (QED) is 0.125. The van der Waals surface area contributed by atoms with Crippen LogP contribution in [0.15, 0.2) is 46.6 Å². The van der Waals surface area contributed by atoms with Crippen LogP contribution in [0.2, 0.25) is 0 Å². The molecular weight excluding hydrogens is 392 g/mol. The first kappa shape index (κ1) is 30.9. The highest BCUT2D eigenvalue weighted by Crippen LogP contribution is 2.38. The second-order valence-corrected chi connectivity index (χ2v) is 10.4. The Morgan fingerprint density at radius 1 is 0.656 bits per heavy atom. The molecule has 0 aromatic rings. The van der Waals surface area contributed by atoms with Crippen LogP contribution in [0.3, 0.4) is 0 Å². The molecule has 0 fully saturated rings. The monoisotopic (exact) mass is 446 g/mol. The fourth-order valence-corrected chi connectivity index (χ4v) is 4.02. The van der Waals surface area contributed by atoms with Crippen molar-refractivity contribution in [3.8, 4) is 0 Å². The molecule has 0 unspecified atom stereocenters. The molecule has 0 bridgehead atoms. The third-order valence-electron chi connectivity index (χ3n) is 6.47. The summed E-state index contributed by atoms with van der Waals surface area (Å²) in [5.41, 5.74) is 4.92. The molecule has 0 amide bonds. The highest BCUT2D eigenvalue weighted by Gasteiger charge is 2.34. The Bertz CT molecular complexity index is 556. The Hall–Kier alpha value is -1.12. The zero-order valence-corrected chi connectivity index (χ0v) is 22.5. The van der Waals surface area contributed by atoms with Gasteiger partial charge in [0.1, 0.15) is 0 Å². The van der Waals surface area contributed by atoms with E-state index in [-0.39, 0.29) is 0 Å². The third kappa shape index (κ3) is 15.6. The molecule has 0 atom stereocenters. The van der Waals surface area contributed by atoms with Gasteiger partial charge in [-0.05, 0) is 86.5 Å². The molecule has 0 spiro atoms. The third-order valence-corrected chi connectivity index (χ3v) is 6.47. The zero-order valence-electron chi connectivity index (χ0n) is 22.5. The van der Waals surface area contributed by atoms with Crippen molar-refractivity contribution in [3.63, 3.8) is 0 Å². The second kappa shape index (κ2) is 18.3. The Morgan fingerprint density at radius 3 is 1.50 bits per heavy atom. The number of rotatable bonds is 18. The van der Waals surface area contributed by atoms with Crippen molar-refractivity contribution >= 4 is 0 Å². The van der Waals surface area contributed by atoms with E-state index in [1.165, 1.54) is 54.4 Å². The maximum Gasteiger partial charge on any atom is 0.157 e. The first-order valence-corrected chi connectivity index (χ1v) is 13.1. The molecule has 0 rings (SSSR count). The summed E-state index contributed by atoms with van der Waals surface area (Å²) in [5.74, 6) is 0.